The van der Waals surface area contributed by atoms with E-state index in [1.54, 1.807) is 31.2 Å². The molecule has 1 unspecified atom stereocenters. The SMILES string of the molecule is CC(Cc1ccc(OC(C)(C)C(=O)O)cc1)NC(=O)c1cc(C(F)(F)F)ccc1N1CCC[C@@H](C)C1. The Morgan fingerprint density at radius 1 is 1.17 bits per heavy atom. The van der Waals surface area contributed by atoms with E-state index in [-0.39, 0.29) is 11.6 Å². The number of carboxylic acids is 1. The molecule has 0 aromatic heterocycles. The summed E-state index contributed by atoms with van der Waals surface area (Å²) in [5, 5.41) is 12.0. The van der Waals surface area contributed by atoms with Gasteiger partial charge in [0.05, 0.1) is 11.1 Å². The van der Waals surface area contributed by atoms with Crippen LogP contribution in [0.5, 0.6) is 5.75 Å². The molecular formula is C27H33F3N2O4. The predicted molar refractivity (Wildman–Crippen MR) is 131 cm³/mol. The molecule has 2 aromatic carbocycles. The van der Waals surface area contributed by atoms with Crippen LogP contribution >= 0.6 is 0 Å². The third kappa shape index (κ3) is 6.92. The number of alkyl halides is 3. The van der Waals surface area contributed by atoms with E-state index in [2.05, 4.69) is 12.2 Å². The van der Waals surface area contributed by atoms with Gasteiger partial charge in [-0.15, -0.1) is 0 Å². The van der Waals surface area contributed by atoms with Gasteiger partial charge in [-0.1, -0.05) is 19.1 Å². The van der Waals surface area contributed by atoms with Crippen LogP contribution in [0, 0.1) is 5.92 Å². The first-order valence-electron chi connectivity index (χ1n) is 12.0. The molecule has 1 amide bonds. The molecule has 2 atom stereocenters. The van der Waals surface area contributed by atoms with Crippen molar-refractivity contribution in [1.29, 1.82) is 0 Å². The number of anilines is 1. The van der Waals surface area contributed by atoms with Crippen LogP contribution in [0.25, 0.3) is 0 Å². The van der Waals surface area contributed by atoms with Crippen molar-refractivity contribution in [2.45, 2.75) is 64.8 Å². The fourth-order valence-corrected chi connectivity index (χ4v) is 4.32. The van der Waals surface area contributed by atoms with Crippen molar-refractivity contribution >= 4 is 17.6 Å². The van der Waals surface area contributed by atoms with Crippen molar-refractivity contribution in [3.05, 3.63) is 59.2 Å². The molecule has 0 spiro atoms. The number of hydrogen-bond donors (Lipinski definition) is 2. The van der Waals surface area contributed by atoms with Gasteiger partial charge in [-0.3, -0.25) is 4.79 Å². The van der Waals surface area contributed by atoms with Crippen LogP contribution in [0.15, 0.2) is 42.5 Å². The Morgan fingerprint density at radius 2 is 1.83 bits per heavy atom. The maximum atomic E-state index is 13.4. The summed E-state index contributed by atoms with van der Waals surface area (Å²) in [6.07, 6.45) is -2.15. The lowest BCUT2D eigenvalue weighted by atomic mass is 9.97. The highest BCUT2D eigenvalue weighted by Crippen LogP contribution is 2.34. The number of aliphatic carboxylic acids is 1. The quantitative estimate of drug-likeness (QED) is 0.491. The molecule has 36 heavy (non-hydrogen) atoms. The molecule has 0 bridgehead atoms. The third-order valence-electron chi connectivity index (χ3n) is 6.30. The average molecular weight is 507 g/mol. The van der Waals surface area contributed by atoms with Gasteiger partial charge < -0.3 is 20.1 Å². The van der Waals surface area contributed by atoms with E-state index in [9.17, 15) is 27.9 Å². The summed E-state index contributed by atoms with van der Waals surface area (Å²) in [4.78, 5) is 26.4. The van der Waals surface area contributed by atoms with Crippen LogP contribution in [-0.4, -0.2) is 41.7 Å². The normalized spacial score (nSPS) is 17.4. The van der Waals surface area contributed by atoms with E-state index in [4.69, 9.17) is 4.74 Å². The molecule has 9 heteroatoms. The maximum Gasteiger partial charge on any atom is 0.416 e. The molecular weight excluding hydrogens is 473 g/mol. The van der Waals surface area contributed by atoms with E-state index in [0.29, 0.717) is 36.9 Å². The van der Waals surface area contributed by atoms with Gasteiger partial charge in [0.1, 0.15) is 5.75 Å². The van der Waals surface area contributed by atoms with Gasteiger partial charge in [0.15, 0.2) is 5.60 Å². The van der Waals surface area contributed by atoms with Gasteiger partial charge in [0.25, 0.3) is 5.91 Å². The van der Waals surface area contributed by atoms with Gasteiger partial charge in [0.2, 0.25) is 0 Å². The van der Waals surface area contributed by atoms with Crippen LogP contribution in [-0.2, 0) is 17.4 Å². The Kier molecular flexibility index (Phi) is 8.21. The van der Waals surface area contributed by atoms with Gasteiger partial charge in [-0.25, -0.2) is 4.79 Å². The van der Waals surface area contributed by atoms with Crippen molar-refractivity contribution in [3.63, 3.8) is 0 Å². The van der Waals surface area contributed by atoms with E-state index in [1.165, 1.54) is 19.9 Å². The zero-order valence-corrected chi connectivity index (χ0v) is 21.0. The van der Waals surface area contributed by atoms with Gasteiger partial charge >= 0.3 is 12.1 Å². The van der Waals surface area contributed by atoms with Crippen molar-refractivity contribution < 1.29 is 32.6 Å². The molecule has 0 saturated carbocycles. The number of amides is 1. The van der Waals surface area contributed by atoms with Gasteiger partial charge in [-0.2, -0.15) is 13.2 Å². The molecule has 1 aliphatic heterocycles. The lowest BCUT2D eigenvalue weighted by Crippen LogP contribution is -2.38. The van der Waals surface area contributed by atoms with Crippen LogP contribution in [0.1, 0.15) is 62.0 Å². The number of hydrogen-bond acceptors (Lipinski definition) is 4. The monoisotopic (exact) mass is 506 g/mol. The van der Waals surface area contributed by atoms with Crippen LogP contribution < -0.4 is 15.0 Å². The minimum absolute atomic E-state index is 0.0189. The number of benzene rings is 2. The summed E-state index contributed by atoms with van der Waals surface area (Å²) in [5.41, 5.74) is -0.837. The van der Waals surface area contributed by atoms with Crippen molar-refractivity contribution in [1.82, 2.24) is 5.32 Å². The van der Waals surface area contributed by atoms with E-state index in [0.717, 1.165) is 30.5 Å². The topological polar surface area (TPSA) is 78.9 Å². The molecule has 1 heterocycles. The molecule has 196 valence electrons. The lowest BCUT2D eigenvalue weighted by Gasteiger charge is -2.34. The molecule has 1 saturated heterocycles. The highest BCUT2D eigenvalue weighted by molar-refractivity contribution is 6.00. The summed E-state index contributed by atoms with van der Waals surface area (Å²) in [6.45, 7) is 8.16. The lowest BCUT2D eigenvalue weighted by molar-refractivity contribution is -0.152. The Labute approximate surface area is 209 Å². The number of nitrogens with zero attached hydrogens (tertiary/aromatic N) is 1. The predicted octanol–water partition coefficient (Wildman–Crippen LogP) is 5.54. The molecule has 6 nitrogen and oxygen atoms in total. The Morgan fingerprint density at radius 3 is 2.42 bits per heavy atom. The Balaban J connectivity index is 1.74. The maximum absolute atomic E-state index is 13.4. The average Bonchev–Trinajstić information content (AvgIpc) is 2.79. The Hall–Kier alpha value is -3.23. The summed E-state index contributed by atoms with van der Waals surface area (Å²) in [7, 11) is 0. The summed E-state index contributed by atoms with van der Waals surface area (Å²) in [5.74, 6) is -0.850. The van der Waals surface area contributed by atoms with Crippen molar-refractivity contribution in [2.24, 2.45) is 5.92 Å². The fourth-order valence-electron chi connectivity index (χ4n) is 4.32. The van der Waals surface area contributed by atoms with Crippen LogP contribution in [0.2, 0.25) is 0 Å². The number of rotatable bonds is 8. The van der Waals surface area contributed by atoms with E-state index in [1.807, 2.05) is 4.90 Å². The third-order valence-corrected chi connectivity index (χ3v) is 6.30. The summed E-state index contributed by atoms with van der Waals surface area (Å²) >= 11 is 0. The van der Waals surface area contributed by atoms with Crippen LogP contribution in [0.4, 0.5) is 18.9 Å². The number of ether oxygens (including phenoxy) is 1. The number of carboxylic acid groups (broad SMARTS) is 1. The number of piperidine rings is 1. The van der Waals surface area contributed by atoms with E-state index >= 15 is 0 Å². The van der Waals surface area contributed by atoms with Gasteiger partial charge in [-0.05, 0) is 81.8 Å². The minimum Gasteiger partial charge on any atom is -0.478 e. The Bertz CT molecular complexity index is 1080. The zero-order valence-electron chi connectivity index (χ0n) is 21.0. The standard InChI is InChI=1S/C27H33F3N2O4/c1-17-6-5-13-32(16-17)23-12-9-20(27(28,29)30)15-22(23)24(33)31-18(2)14-19-7-10-21(11-8-19)36-26(3,4)25(34)35/h7-12,15,17-18H,5-6,13-14,16H2,1-4H3,(H,31,33)(H,34,35)/t17-,18?/m1/s1. The van der Waals surface area contributed by atoms with Gasteiger partial charge in [0, 0.05) is 24.8 Å². The largest absolute Gasteiger partial charge is 0.478 e. The zero-order chi connectivity index (χ0) is 26.7. The number of carbonyl (C=O) groups is 2. The second-order valence-electron chi connectivity index (χ2n) is 10.1. The molecule has 0 radical (unpaired) electrons. The highest BCUT2D eigenvalue weighted by atomic mass is 19.4. The summed E-state index contributed by atoms with van der Waals surface area (Å²) in [6, 6.07) is 9.84. The number of carbonyl (C=O) groups excluding carboxylic acids is 1. The van der Waals surface area contributed by atoms with Crippen LogP contribution in [0.3, 0.4) is 0 Å². The number of nitrogens with one attached hydrogen (secondary N) is 1. The molecule has 0 aliphatic carbocycles. The number of halogens is 3. The first-order chi connectivity index (χ1) is 16.8. The van der Waals surface area contributed by atoms with Crippen molar-refractivity contribution in [3.8, 4) is 5.75 Å². The van der Waals surface area contributed by atoms with Crippen molar-refractivity contribution in [2.75, 3.05) is 18.0 Å². The first kappa shape index (κ1) is 27.4. The molecule has 2 aromatic rings. The molecule has 2 N–H and O–H groups in total. The molecule has 1 fully saturated rings. The minimum atomic E-state index is -4.55. The second kappa shape index (κ2) is 10.8. The fraction of sp³-hybridized carbons (Fsp3) is 0.481. The first-order valence-corrected chi connectivity index (χ1v) is 12.0. The second-order valence-corrected chi connectivity index (χ2v) is 10.1. The molecule has 1 aliphatic rings. The smallest absolute Gasteiger partial charge is 0.416 e. The molecule has 3 rings (SSSR count). The van der Waals surface area contributed by atoms with E-state index < -0.39 is 29.2 Å². The summed E-state index contributed by atoms with van der Waals surface area (Å²) < 4.78 is 45.7. The highest BCUT2D eigenvalue weighted by Gasteiger charge is 2.33.